The number of benzene rings is 1. The van der Waals surface area contributed by atoms with Crippen molar-refractivity contribution in [3.63, 3.8) is 0 Å². The van der Waals surface area contributed by atoms with Gasteiger partial charge in [0.15, 0.2) is 11.5 Å². The molecule has 0 amide bonds. The number of hydrogen-bond acceptors (Lipinski definition) is 5. The number of anilines is 2. The van der Waals surface area contributed by atoms with E-state index < -0.39 is 0 Å². The Morgan fingerprint density at radius 1 is 1.32 bits per heavy atom. The third-order valence-corrected chi connectivity index (χ3v) is 2.85. The van der Waals surface area contributed by atoms with Gasteiger partial charge in [-0.15, -0.1) is 0 Å². The third kappa shape index (κ3) is 2.33. The lowest BCUT2D eigenvalue weighted by atomic mass is 10.1. The third-order valence-electron chi connectivity index (χ3n) is 2.85. The Hall–Kier alpha value is -2.63. The number of aryl methyl sites for hydroxylation is 1. The number of imidazole rings is 1. The molecule has 3 rings (SSSR count). The zero-order chi connectivity index (χ0) is 13.2. The van der Waals surface area contributed by atoms with E-state index in [1.165, 1.54) is 11.1 Å². The molecule has 4 N–H and O–H groups in total. The van der Waals surface area contributed by atoms with Crippen LogP contribution in [0.25, 0.3) is 11.2 Å². The molecule has 19 heavy (non-hydrogen) atoms. The summed E-state index contributed by atoms with van der Waals surface area (Å²) in [4.78, 5) is 15.3. The lowest BCUT2D eigenvalue weighted by Gasteiger charge is -2.07. The quantitative estimate of drug-likeness (QED) is 0.663. The summed E-state index contributed by atoms with van der Waals surface area (Å²) in [5, 5.41) is 3.26. The molecule has 96 valence electrons. The molecule has 2 heterocycles. The molecule has 0 radical (unpaired) electrons. The van der Waals surface area contributed by atoms with Gasteiger partial charge in [0.25, 0.3) is 0 Å². The van der Waals surface area contributed by atoms with E-state index in [0.717, 1.165) is 5.52 Å². The number of aromatic nitrogens is 4. The fourth-order valence-electron chi connectivity index (χ4n) is 1.99. The number of nitrogens with zero attached hydrogens (tertiary/aromatic N) is 3. The average Bonchev–Trinajstić information content (AvgIpc) is 2.84. The molecule has 0 unspecified atom stereocenters. The van der Waals surface area contributed by atoms with Crippen molar-refractivity contribution >= 4 is 22.9 Å². The van der Waals surface area contributed by atoms with Crippen molar-refractivity contribution in [3.05, 3.63) is 41.7 Å². The Labute approximate surface area is 110 Å². The number of rotatable bonds is 3. The Bertz CT molecular complexity index is 718. The van der Waals surface area contributed by atoms with Crippen LogP contribution in [0.5, 0.6) is 0 Å². The van der Waals surface area contributed by atoms with Gasteiger partial charge in [-0.3, -0.25) is 0 Å². The molecule has 6 nitrogen and oxygen atoms in total. The fourth-order valence-corrected chi connectivity index (χ4v) is 1.99. The minimum Gasteiger partial charge on any atom is -0.368 e. The lowest BCUT2D eigenvalue weighted by molar-refractivity contribution is 1.10. The highest BCUT2D eigenvalue weighted by molar-refractivity contribution is 5.83. The second-order valence-electron chi connectivity index (χ2n) is 4.37. The van der Waals surface area contributed by atoms with Gasteiger partial charge in [-0.2, -0.15) is 9.97 Å². The summed E-state index contributed by atoms with van der Waals surface area (Å²) in [6, 6.07) is 8.29. The number of aromatic amines is 1. The first kappa shape index (κ1) is 11.5. The van der Waals surface area contributed by atoms with Gasteiger partial charge in [-0.05, 0) is 12.5 Å². The molecule has 0 spiro atoms. The zero-order valence-corrected chi connectivity index (χ0v) is 10.5. The van der Waals surface area contributed by atoms with Gasteiger partial charge in [0, 0.05) is 6.54 Å². The van der Waals surface area contributed by atoms with E-state index in [2.05, 4.69) is 50.4 Å². The highest BCUT2D eigenvalue weighted by atomic mass is 15.1. The minimum atomic E-state index is 0.214. The predicted octanol–water partition coefficient (Wildman–Crippen LogP) is 1.86. The molecular formula is C13H14N6. The van der Waals surface area contributed by atoms with Gasteiger partial charge in [0.1, 0.15) is 5.52 Å². The molecule has 0 aliphatic carbocycles. The first-order valence-corrected chi connectivity index (χ1v) is 5.98. The highest BCUT2D eigenvalue weighted by Crippen LogP contribution is 2.18. The van der Waals surface area contributed by atoms with Crippen molar-refractivity contribution in [3.8, 4) is 0 Å². The van der Waals surface area contributed by atoms with Crippen LogP contribution in [0.1, 0.15) is 11.1 Å². The molecule has 3 aromatic rings. The van der Waals surface area contributed by atoms with Crippen LogP contribution in [-0.4, -0.2) is 19.9 Å². The second-order valence-corrected chi connectivity index (χ2v) is 4.37. The molecule has 2 aromatic heterocycles. The monoisotopic (exact) mass is 254 g/mol. The molecule has 0 aliphatic heterocycles. The van der Waals surface area contributed by atoms with Crippen molar-refractivity contribution in [2.45, 2.75) is 13.5 Å². The van der Waals surface area contributed by atoms with E-state index in [9.17, 15) is 0 Å². The molecule has 0 aliphatic rings. The summed E-state index contributed by atoms with van der Waals surface area (Å²) in [7, 11) is 0. The highest BCUT2D eigenvalue weighted by Gasteiger charge is 2.07. The Morgan fingerprint density at radius 3 is 3.05 bits per heavy atom. The van der Waals surface area contributed by atoms with Gasteiger partial charge in [-0.1, -0.05) is 29.8 Å². The van der Waals surface area contributed by atoms with Crippen molar-refractivity contribution < 1.29 is 0 Å². The Morgan fingerprint density at radius 2 is 2.21 bits per heavy atom. The predicted molar refractivity (Wildman–Crippen MR) is 74.6 cm³/mol. The number of nitrogen functional groups attached to an aromatic ring is 1. The minimum absolute atomic E-state index is 0.214. The summed E-state index contributed by atoms with van der Waals surface area (Å²) >= 11 is 0. The summed E-state index contributed by atoms with van der Waals surface area (Å²) in [6.45, 7) is 2.74. The van der Waals surface area contributed by atoms with Crippen molar-refractivity contribution in [2.24, 2.45) is 0 Å². The van der Waals surface area contributed by atoms with Crippen molar-refractivity contribution in [1.82, 2.24) is 19.9 Å². The zero-order valence-electron chi connectivity index (χ0n) is 10.5. The van der Waals surface area contributed by atoms with Crippen LogP contribution in [0.2, 0.25) is 0 Å². The summed E-state index contributed by atoms with van der Waals surface area (Å²) in [5.74, 6) is 0.882. The molecular weight excluding hydrogens is 240 g/mol. The van der Waals surface area contributed by atoms with Crippen molar-refractivity contribution in [2.75, 3.05) is 11.1 Å². The largest absolute Gasteiger partial charge is 0.368 e. The summed E-state index contributed by atoms with van der Waals surface area (Å²) < 4.78 is 0. The first-order chi connectivity index (χ1) is 9.22. The average molecular weight is 254 g/mol. The normalized spacial score (nSPS) is 10.8. The number of hydrogen-bond donors (Lipinski definition) is 3. The van der Waals surface area contributed by atoms with Crippen LogP contribution < -0.4 is 11.1 Å². The summed E-state index contributed by atoms with van der Waals surface area (Å²) in [5.41, 5.74) is 9.41. The van der Waals surface area contributed by atoms with E-state index >= 15 is 0 Å². The van der Waals surface area contributed by atoms with Gasteiger partial charge in [-0.25, -0.2) is 4.98 Å². The smallest absolute Gasteiger partial charge is 0.224 e. The van der Waals surface area contributed by atoms with E-state index in [4.69, 9.17) is 5.73 Å². The topological polar surface area (TPSA) is 92.5 Å². The van der Waals surface area contributed by atoms with Gasteiger partial charge in [0.05, 0.1) is 6.33 Å². The van der Waals surface area contributed by atoms with Crippen LogP contribution in [0.3, 0.4) is 0 Å². The van der Waals surface area contributed by atoms with Gasteiger partial charge in [0.2, 0.25) is 5.95 Å². The number of nitrogens with two attached hydrogens (primary N) is 1. The second kappa shape index (κ2) is 4.56. The maximum atomic E-state index is 5.66. The molecule has 0 fully saturated rings. The number of fused-ring (bicyclic) bond motifs is 1. The van der Waals surface area contributed by atoms with E-state index in [1.54, 1.807) is 6.33 Å². The van der Waals surface area contributed by atoms with Crippen molar-refractivity contribution in [1.29, 1.82) is 0 Å². The standard InChI is InChI=1S/C13H14N6/c1-8-3-2-4-9(5-8)6-15-11-10-12(17-7-16-10)19-13(14)18-11/h2-5,7H,6H2,1H3,(H4,14,15,16,17,18,19). The van der Waals surface area contributed by atoms with Crippen LogP contribution in [0, 0.1) is 6.92 Å². The molecule has 0 bridgehead atoms. The van der Waals surface area contributed by atoms with Crippen LogP contribution >= 0.6 is 0 Å². The molecule has 0 atom stereocenters. The van der Waals surface area contributed by atoms with E-state index in [-0.39, 0.29) is 5.95 Å². The number of H-pyrrole nitrogens is 1. The van der Waals surface area contributed by atoms with Crippen LogP contribution in [-0.2, 0) is 6.54 Å². The fraction of sp³-hybridized carbons (Fsp3) is 0.154. The molecule has 0 saturated heterocycles. The molecule has 6 heteroatoms. The maximum Gasteiger partial charge on any atom is 0.224 e. The van der Waals surface area contributed by atoms with Gasteiger partial charge < -0.3 is 16.0 Å². The van der Waals surface area contributed by atoms with E-state index in [1.807, 2.05) is 6.07 Å². The lowest BCUT2D eigenvalue weighted by Crippen LogP contribution is -2.05. The SMILES string of the molecule is Cc1cccc(CNc2nc(N)nc3nc[nH]c23)c1. The van der Waals surface area contributed by atoms with Gasteiger partial charge >= 0.3 is 0 Å². The Kier molecular flexibility index (Phi) is 2.75. The molecule has 0 saturated carbocycles. The maximum absolute atomic E-state index is 5.66. The Balaban J connectivity index is 1.87. The van der Waals surface area contributed by atoms with Crippen LogP contribution in [0.4, 0.5) is 11.8 Å². The first-order valence-electron chi connectivity index (χ1n) is 5.98. The number of nitrogens with one attached hydrogen (secondary N) is 2. The summed E-state index contributed by atoms with van der Waals surface area (Å²) in [6.07, 6.45) is 1.58. The van der Waals surface area contributed by atoms with E-state index in [0.29, 0.717) is 18.0 Å². The molecule has 1 aromatic carbocycles. The van der Waals surface area contributed by atoms with Crippen LogP contribution in [0.15, 0.2) is 30.6 Å².